The highest BCUT2D eigenvalue weighted by Gasteiger charge is 2.16. The Bertz CT molecular complexity index is 442. The van der Waals surface area contributed by atoms with Gasteiger partial charge in [0.2, 0.25) is 0 Å². The lowest BCUT2D eigenvalue weighted by Crippen LogP contribution is -2.33. The number of rotatable bonds is 5. The van der Waals surface area contributed by atoms with E-state index in [9.17, 15) is 9.59 Å². The predicted octanol–water partition coefficient (Wildman–Crippen LogP) is 2.98. The lowest BCUT2D eigenvalue weighted by molar-refractivity contribution is -0.137. The summed E-state index contributed by atoms with van der Waals surface area (Å²) in [6, 6.07) is 4.53. The number of benzene rings is 1. The van der Waals surface area contributed by atoms with Gasteiger partial charge < -0.3 is 10.4 Å². The molecule has 1 amide bonds. The normalized spacial score (nSPS) is 11.9. The molecular weight excluding hydrogens is 277 g/mol. The molecule has 0 aromatic heterocycles. The van der Waals surface area contributed by atoms with Gasteiger partial charge in [0.15, 0.2) is 0 Å². The van der Waals surface area contributed by atoms with E-state index in [1.807, 2.05) is 0 Å². The van der Waals surface area contributed by atoms with E-state index in [-0.39, 0.29) is 28.1 Å². The topological polar surface area (TPSA) is 66.4 Å². The Morgan fingerprint density at radius 1 is 1.33 bits per heavy atom. The molecule has 1 aromatic carbocycles. The maximum Gasteiger partial charge on any atom is 0.303 e. The van der Waals surface area contributed by atoms with Crippen molar-refractivity contribution in [2.75, 3.05) is 0 Å². The minimum Gasteiger partial charge on any atom is -0.481 e. The molecule has 0 aliphatic heterocycles. The number of carbonyl (C=O) groups is 2. The molecule has 1 unspecified atom stereocenters. The molecule has 0 saturated heterocycles. The Hall–Kier alpha value is -1.26. The molecule has 6 heteroatoms. The van der Waals surface area contributed by atoms with Crippen LogP contribution in [0.1, 0.15) is 30.1 Å². The zero-order valence-electron chi connectivity index (χ0n) is 9.74. The van der Waals surface area contributed by atoms with Crippen LogP contribution in [0.15, 0.2) is 18.2 Å². The van der Waals surface area contributed by atoms with Crippen molar-refractivity contribution in [3.63, 3.8) is 0 Å². The summed E-state index contributed by atoms with van der Waals surface area (Å²) in [4.78, 5) is 22.3. The smallest absolute Gasteiger partial charge is 0.303 e. The van der Waals surface area contributed by atoms with Gasteiger partial charge in [0.1, 0.15) is 0 Å². The van der Waals surface area contributed by atoms with Crippen molar-refractivity contribution in [1.82, 2.24) is 5.32 Å². The van der Waals surface area contributed by atoms with Gasteiger partial charge in [-0.1, -0.05) is 29.3 Å². The second-order valence-corrected chi connectivity index (χ2v) is 4.72. The quantitative estimate of drug-likeness (QED) is 0.876. The van der Waals surface area contributed by atoms with Crippen molar-refractivity contribution in [3.05, 3.63) is 33.8 Å². The van der Waals surface area contributed by atoms with Crippen LogP contribution < -0.4 is 5.32 Å². The van der Waals surface area contributed by atoms with Gasteiger partial charge in [-0.3, -0.25) is 9.59 Å². The summed E-state index contributed by atoms with van der Waals surface area (Å²) in [5, 5.41) is 11.7. The van der Waals surface area contributed by atoms with Gasteiger partial charge in [-0.25, -0.2) is 0 Å². The average molecular weight is 290 g/mol. The number of aliphatic carboxylic acids is 1. The molecule has 1 atom stereocenters. The first kappa shape index (κ1) is 14.8. The van der Waals surface area contributed by atoms with Crippen molar-refractivity contribution in [2.45, 2.75) is 25.8 Å². The first-order valence-electron chi connectivity index (χ1n) is 5.38. The highest BCUT2D eigenvalue weighted by Crippen LogP contribution is 2.24. The Balaban J connectivity index is 2.68. The maximum absolute atomic E-state index is 11.9. The molecule has 0 heterocycles. The lowest BCUT2D eigenvalue weighted by Gasteiger charge is -2.14. The molecule has 0 fully saturated rings. The standard InChI is InChI=1S/C12H13Cl2NO3/c1-7(5-6-10(16)17)15-12(18)11-8(13)3-2-4-9(11)14/h2-4,7H,5-6H2,1H3,(H,15,18)(H,16,17). The molecule has 18 heavy (non-hydrogen) atoms. The Kier molecular flexibility index (Phi) is 5.44. The van der Waals surface area contributed by atoms with Crippen LogP contribution in [-0.2, 0) is 4.79 Å². The summed E-state index contributed by atoms with van der Waals surface area (Å²) in [5.41, 5.74) is 0.211. The molecule has 2 N–H and O–H groups in total. The van der Waals surface area contributed by atoms with Crippen molar-refractivity contribution >= 4 is 35.1 Å². The van der Waals surface area contributed by atoms with E-state index in [0.717, 1.165) is 0 Å². The molecule has 0 spiro atoms. The molecule has 0 radical (unpaired) electrons. The number of carboxylic acids is 1. The summed E-state index contributed by atoms with van der Waals surface area (Å²) >= 11 is 11.8. The monoisotopic (exact) mass is 289 g/mol. The molecule has 0 saturated carbocycles. The first-order chi connectivity index (χ1) is 8.41. The number of halogens is 2. The lowest BCUT2D eigenvalue weighted by atomic mass is 10.1. The maximum atomic E-state index is 11.9. The SMILES string of the molecule is CC(CCC(=O)O)NC(=O)c1c(Cl)cccc1Cl. The molecule has 1 rings (SSSR count). The summed E-state index contributed by atoms with van der Waals surface area (Å²) < 4.78 is 0. The third-order valence-electron chi connectivity index (χ3n) is 2.36. The van der Waals surface area contributed by atoms with Gasteiger partial charge in [-0.05, 0) is 25.5 Å². The minimum atomic E-state index is -0.896. The van der Waals surface area contributed by atoms with Crippen LogP contribution in [0.25, 0.3) is 0 Å². The Labute approximate surface area is 115 Å². The highest BCUT2D eigenvalue weighted by molar-refractivity contribution is 6.39. The summed E-state index contributed by atoms with van der Waals surface area (Å²) in [6.07, 6.45) is 0.348. The van der Waals surface area contributed by atoms with Gasteiger partial charge in [0.05, 0.1) is 15.6 Å². The van der Waals surface area contributed by atoms with E-state index in [2.05, 4.69) is 5.32 Å². The number of carboxylic acid groups (broad SMARTS) is 1. The predicted molar refractivity (Wildman–Crippen MR) is 70.3 cm³/mol. The van der Waals surface area contributed by atoms with Crippen LogP contribution in [0.2, 0.25) is 10.0 Å². The van der Waals surface area contributed by atoms with Crippen LogP contribution in [0.3, 0.4) is 0 Å². The zero-order chi connectivity index (χ0) is 13.7. The van der Waals surface area contributed by atoms with E-state index in [1.54, 1.807) is 25.1 Å². The van der Waals surface area contributed by atoms with Crippen LogP contribution in [0.5, 0.6) is 0 Å². The molecular formula is C12H13Cl2NO3. The van der Waals surface area contributed by atoms with E-state index >= 15 is 0 Å². The number of hydrogen-bond acceptors (Lipinski definition) is 2. The van der Waals surface area contributed by atoms with Gasteiger partial charge >= 0.3 is 5.97 Å². The minimum absolute atomic E-state index is 0.00228. The number of nitrogens with one attached hydrogen (secondary N) is 1. The number of hydrogen-bond donors (Lipinski definition) is 2. The van der Waals surface area contributed by atoms with E-state index < -0.39 is 11.9 Å². The third-order valence-corrected chi connectivity index (χ3v) is 2.99. The second-order valence-electron chi connectivity index (χ2n) is 3.90. The van der Waals surface area contributed by atoms with Crippen LogP contribution in [0.4, 0.5) is 0 Å². The molecule has 4 nitrogen and oxygen atoms in total. The molecule has 0 aliphatic rings. The van der Waals surface area contributed by atoms with E-state index in [0.29, 0.717) is 6.42 Å². The zero-order valence-corrected chi connectivity index (χ0v) is 11.3. The summed E-state index contributed by atoms with van der Waals surface area (Å²) in [6.45, 7) is 1.73. The second kappa shape index (κ2) is 6.61. The third kappa shape index (κ3) is 4.20. The largest absolute Gasteiger partial charge is 0.481 e. The van der Waals surface area contributed by atoms with Gasteiger partial charge in [0.25, 0.3) is 5.91 Å². The molecule has 1 aromatic rings. The van der Waals surface area contributed by atoms with Gasteiger partial charge in [0, 0.05) is 12.5 Å². The fourth-order valence-corrected chi connectivity index (χ4v) is 1.99. The Morgan fingerprint density at radius 2 is 1.89 bits per heavy atom. The molecule has 98 valence electrons. The number of amides is 1. The van der Waals surface area contributed by atoms with Gasteiger partial charge in [-0.15, -0.1) is 0 Å². The summed E-state index contributed by atoms with van der Waals surface area (Å²) in [5.74, 6) is -1.30. The number of carbonyl (C=O) groups excluding carboxylic acids is 1. The van der Waals surface area contributed by atoms with Crippen molar-refractivity contribution in [2.24, 2.45) is 0 Å². The Morgan fingerprint density at radius 3 is 2.39 bits per heavy atom. The van der Waals surface area contributed by atoms with E-state index in [1.165, 1.54) is 0 Å². The first-order valence-corrected chi connectivity index (χ1v) is 6.14. The van der Waals surface area contributed by atoms with Crippen molar-refractivity contribution in [3.8, 4) is 0 Å². The molecule has 0 aliphatic carbocycles. The van der Waals surface area contributed by atoms with Crippen LogP contribution >= 0.6 is 23.2 Å². The van der Waals surface area contributed by atoms with Crippen LogP contribution in [-0.4, -0.2) is 23.0 Å². The van der Waals surface area contributed by atoms with Crippen LogP contribution in [0, 0.1) is 0 Å². The average Bonchev–Trinajstić information content (AvgIpc) is 2.26. The van der Waals surface area contributed by atoms with E-state index in [4.69, 9.17) is 28.3 Å². The van der Waals surface area contributed by atoms with Crippen molar-refractivity contribution in [1.29, 1.82) is 0 Å². The fourth-order valence-electron chi connectivity index (χ4n) is 1.42. The van der Waals surface area contributed by atoms with Gasteiger partial charge in [-0.2, -0.15) is 0 Å². The van der Waals surface area contributed by atoms with Crippen molar-refractivity contribution < 1.29 is 14.7 Å². The highest BCUT2D eigenvalue weighted by atomic mass is 35.5. The fraction of sp³-hybridized carbons (Fsp3) is 0.333. The summed E-state index contributed by atoms with van der Waals surface area (Å²) in [7, 11) is 0. The molecule has 0 bridgehead atoms.